The molecule has 0 heterocycles. The molecule has 1 unspecified atom stereocenters. The standard InChI is InChI=1S/C17H25N2O3S.C3H8.HI/c1-3-19(4-2,10-5-11-23-21)13-16(20)14-22-17-8-6-15(12-18)7-9-17;1-3-2;/h6-9,11,16,20H,3-5,10,13-14H2,1-2H3;3H2,1-2H3;1H/q+1;;/p-1. The number of aliphatic hydroxyl groups is 1. The van der Waals surface area contributed by atoms with Crippen molar-refractivity contribution in [3.8, 4) is 11.8 Å². The summed E-state index contributed by atoms with van der Waals surface area (Å²) < 4.78 is 16.8. The quantitative estimate of drug-likeness (QED) is 0.274. The third-order valence-electron chi connectivity index (χ3n) is 4.15. The Bertz CT molecular complexity index is 580. The van der Waals surface area contributed by atoms with Gasteiger partial charge in [0.05, 0.1) is 42.5 Å². The smallest absolute Gasteiger partial charge is 0.137 e. The molecule has 1 aromatic rings. The minimum absolute atomic E-state index is 0. The number of nitriles is 1. The third kappa shape index (κ3) is 12.2. The van der Waals surface area contributed by atoms with Gasteiger partial charge in [-0.25, -0.2) is 4.21 Å². The molecule has 0 saturated heterocycles. The molecule has 5 nitrogen and oxygen atoms in total. The summed E-state index contributed by atoms with van der Waals surface area (Å²) in [6.45, 7) is 11.9. The van der Waals surface area contributed by atoms with Crippen molar-refractivity contribution in [3.63, 3.8) is 0 Å². The number of halogens is 1. The van der Waals surface area contributed by atoms with E-state index in [0.717, 1.165) is 30.5 Å². The molecule has 0 aliphatic carbocycles. The van der Waals surface area contributed by atoms with Crippen LogP contribution in [0.5, 0.6) is 5.75 Å². The fourth-order valence-electron chi connectivity index (χ4n) is 2.58. The fraction of sp³-hybridized carbons (Fsp3) is 0.600. The van der Waals surface area contributed by atoms with Gasteiger partial charge in [-0.15, -0.1) is 0 Å². The van der Waals surface area contributed by atoms with Gasteiger partial charge < -0.3 is 38.3 Å². The molecule has 0 saturated carbocycles. The molecule has 1 atom stereocenters. The predicted octanol–water partition coefficient (Wildman–Crippen LogP) is -0.0198. The highest BCUT2D eigenvalue weighted by Crippen LogP contribution is 2.14. The summed E-state index contributed by atoms with van der Waals surface area (Å²) in [5, 5.41) is 20.7. The van der Waals surface area contributed by atoms with Crippen molar-refractivity contribution in [2.75, 3.05) is 32.8 Å². The van der Waals surface area contributed by atoms with Crippen LogP contribution in [0.1, 0.15) is 46.1 Å². The Balaban J connectivity index is 0. The second kappa shape index (κ2) is 17.2. The van der Waals surface area contributed by atoms with Gasteiger partial charge in [0, 0.05) is 11.8 Å². The number of hydrogen-bond acceptors (Lipinski definition) is 4. The molecule has 0 aliphatic rings. The van der Waals surface area contributed by atoms with Crippen LogP contribution in [-0.2, 0) is 11.3 Å². The van der Waals surface area contributed by atoms with Crippen LogP contribution < -0.4 is 28.7 Å². The van der Waals surface area contributed by atoms with Crippen molar-refractivity contribution in [1.82, 2.24) is 0 Å². The van der Waals surface area contributed by atoms with Gasteiger partial charge >= 0.3 is 0 Å². The van der Waals surface area contributed by atoms with Crippen LogP contribution in [0.3, 0.4) is 0 Å². The number of hydrogen-bond donors (Lipinski definition) is 1. The van der Waals surface area contributed by atoms with E-state index < -0.39 is 6.10 Å². The first-order chi connectivity index (χ1) is 12.5. The first-order valence-corrected chi connectivity index (χ1v) is 10.1. The largest absolute Gasteiger partial charge is 1.00 e. The first-order valence-electron chi connectivity index (χ1n) is 9.27. The Morgan fingerprint density at radius 1 is 1.22 bits per heavy atom. The van der Waals surface area contributed by atoms with E-state index in [-0.39, 0.29) is 30.6 Å². The Labute approximate surface area is 185 Å². The zero-order valence-corrected chi connectivity index (χ0v) is 19.8. The third-order valence-corrected chi connectivity index (χ3v) is 4.53. The molecule has 7 heteroatoms. The lowest BCUT2D eigenvalue weighted by Gasteiger charge is -2.38. The molecule has 0 aromatic heterocycles. The SMILES string of the molecule is CCC.CC[N+](CC)(CCC=S=O)CC(O)COc1ccc(C#N)cc1.[I-]. The lowest BCUT2D eigenvalue weighted by atomic mass is 10.2. The second-order valence-electron chi connectivity index (χ2n) is 6.24. The highest BCUT2D eigenvalue weighted by Gasteiger charge is 2.26. The average Bonchev–Trinajstić information content (AvgIpc) is 2.66. The van der Waals surface area contributed by atoms with Crippen molar-refractivity contribution in [3.05, 3.63) is 29.8 Å². The van der Waals surface area contributed by atoms with Gasteiger partial charge in [-0.1, -0.05) is 20.3 Å². The summed E-state index contributed by atoms with van der Waals surface area (Å²) >= 11 is 0.498. The molecule has 0 spiro atoms. The second-order valence-corrected chi connectivity index (χ2v) is 6.77. The van der Waals surface area contributed by atoms with Gasteiger partial charge in [0.1, 0.15) is 25.0 Å². The van der Waals surface area contributed by atoms with Gasteiger partial charge in [0.15, 0.2) is 0 Å². The van der Waals surface area contributed by atoms with E-state index >= 15 is 0 Å². The van der Waals surface area contributed by atoms with Gasteiger partial charge in [0.2, 0.25) is 0 Å². The molecule has 1 N–H and O–H groups in total. The molecule has 27 heavy (non-hydrogen) atoms. The van der Waals surface area contributed by atoms with Gasteiger partial charge in [-0.05, 0) is 38.1 Å². The van der Waals surface area contributed by atoms with Gasteiger partial charge in [-0.2, -0.15) is 5.26 Å². The van der Waals surface area contributed by atoms with Crippen LogP contribution in [0.4, 0.5) is 0 Å². The maximum absolute atomic E-state index is 10.5. The van der Waals surface area contributed by atoms with E-state index in [0.29, 0.717) is 29.1 Å². The number of nitrogens with zero attached hydrogens (tertiary/aromatic N) is 2. The van der Waals surface area contributed by atoms with Crippen LogP contribution in [0, 0.1) is 11.3 Å². The van der Waals surface area contributed by atoms with Gasteiger partial charge in [0.25, 0.3) is 0 Å². The topological polar surface area (TPSA) is 70.3 Å². The Kier molecular flexibility index (Phi) is 18.0. The highest BCUT2D eigenvalue weighted by atomic mass is 127. The van der Waals surface area contributed by atoms with Crippen molar-refractivity contribution in [2.45, 2.75) is 46.6 Å². The van der Waals surface area contributed by atoms with E-state index in [1.165, 1.54) is 6.42 Å². The maximum Gasteiger partial charge on any atom is 0.137 e. The lowest BCUT2D eigenvalue weighted by molar-refractivity contribution is -0.927. The van der Waals surface area contributed by atoms with Crippen LogP contribution in [0.2, 0.25) is 0 Å². The minimum atomic E-state index is -0.578. The maximum atomic E-state index is 10.5. The molecule has 154 valence electrons. The van der Waals surface area contributed by atoms with Crippen molar-refractivity contribution < 1.29 is 42.5 Å². The predicted molar refractivity (Wildman–Crippen MR) is 109 cm³/mol. The summed E-state index contributed by atoms with van der Waals surface area (Å²) in [6, 6.07) is 8.90. The molecule has 0 aliphatic heterocycles. The molecule has 1 rings (SSSR count). The first kappa shape index (κ1) is 28.3. The normalized spacial score (nSPS) is 11.1. The summed E-state index contributed by atoms with van der Waals surface area (Å²) in [7, 11) is 0. The zero-order chi connectivity index (χ0) is 19.8. The summed E-state index contributed by atoms with van der Waals surface area (Å²) in [4.78, 5) is 0. The summed E-state index contributed by atoms with van der Waals surface area (Å²) in [5.74, 6) is 0.644. The van der Waals surface area contributed by atoms with Crippen LogP contribution in [0.15, 0.2) is 24.3 Å². The molecule has 1 aromatic carbocycles. The summed E-state index contributed by atoms with van der Waals surface area (Å²) in [6.07, 6.45) is 1.41. The van der Waals surface area contributed by atoms with Crippen molar-refractivity contribution in [1.29, 1.82) is 5.26 Å². The lowest BCUT2D eigenvalue weighted by Crippen LogP contribution is -3.00. The Morgan fingerprint density at radius 2 is 1.78 bits per heavy atom. The highest BCUT2D eigenvalue weighted by molar-refractivity contribution is 7.64. The molecule has 0 radical (unpaired) electrons. The average molecular weight is 508 g/mol. The molecule has 0 bridgehead atoms. The molecule has 0 amide bonds. The Hall–Kier alpha value is -0.950. The minimum Gasteiger partial charge on any atom is -1.00 e. The van der Waals surface area contributed by atoms with E-state index in [1.807, 2.05) is 0 Å². The monoisotopic (exact) mass is 508 g/mol. The van der Waals surface area contributed by atoms with E-state index in [1.54, 1.807) is 29.6 Å². The molecular formula is C20H33IN2O3S. The van der Waals surface area contributed by atoms with Crippen LogP contribution in [-0.4, -0.2) is 58.1 Å². The van der Waals surface area contributed by atoms with Crippen LogP contribution in [0.25, 0.3) is 0 Å². The van der Waals surface area contributed by atoms with E-state index in [2.05, 4.69) is 33.8 Å². The molecule has 0 fully saturated rings. The van der Waals surface area contributed by atoms with Crippen molar-refractivity contribution >= 4 is 16.6 Å². The molecular weight excluding hydrogens is 475 g/mol. The zero-order valence-electron chi connectivity index (χ0n) is 16.9. The Morgan fingerprint density at radius 3 is 2.22 bits per heavy atom. The number of rotatable bonds is 10. The summed E-state index contributed by atoms with van der Waals surface area (Å²) in [5.41, 5.74) is 0.582. The number of quaternary nitrogens is 1. The number of ether oxygens (including phenoxy) is 1. The van der Waals surface area contributed by atoms with E-state index in [4.69, 9.17) is 10.00 Å². The van der Waals surface area contributed by atoms with Gasteiger partial charge in [-0.3, -0.25) is 0 Å². The van der Waals surface area contributed by atoms with Crippen molar-refractivity contribution in [2.24, 2.45) is 0 Å². The van der Waals surface area contributed by atoms with Crippen LogP contribution >= 0.6 is 0 Å². The fourth-order valence-corrected chi connectivity index (χ4v) is 2.78. The number of aliphatic hydroxyl groups excluding tert-OH is 1. The number of likely N-dealkylation sites (N-methyl/N-ethyl adjacent to an activating group) is 1. The number of benzene rings is 1. The van der Waals surface area contributed by atoms with E-state index in [9.17, 15) is 9.32 Å².